The minimum atomic E-state index is 0.627. The molecule has 0 aliphatic carbocycles. The second kappa shape index (κ2) is 7.29. The molecule has 2 heterocycles. The first-order valence-electron chi connectivity index (χ1n) is 7.67. The first-order valence-corrected chi connectivity index (χ1v) is 8.05. The summed E-state index contributed by atoms with van der Waals surface area (Å²) in [5.41, 5.74) is 1.15. The van der Waals surface area contributed by atoms with E-state index in [1.165, 1.54) is 0 Å². The van der Waals surface area contributed by atoms with Gasteiger partial charge in [0.1, 0.15) is 17.4 Å². The van der Waals surface area contributed by atoms with Gasteiger partial charge in [0.15, 0.2) is 0 Å². The lowest BCUT2D eigenvalue weighted by molar-refractivity contribution is 0.139. The Bertz CT molecular complexity index is 674. The smallest absolute Gasteiger partial charge is 0.147 e. The van der Waals surface area contributed by atoms with E-state index in [0.717, 1.165) is 56.5 Å². The maximum absolute atomic E-state index is 6.07. The zero-order valence-corrected chi connectivity index (χ0v) is 14.2. The molecule has 1 aromatic heterocycles. The molecule has 0 atom stereocenters. The van der Waals surface area contributed by atoms with Gasteiger partial charge in [-0.25, -0.2) is 0 Å². The van der Waals surface area contributed by atoms with Crippen LogP contribution in [0.25, 0.3) is 0 Å². The van der Waals surface area contributed by atoms with Gasteiger partial charge >= 0.3 is 0 Å². The van der Waals surface area contributed by atoms with E-state index in [9.17, 15) is 0 Å². The average Bonchev–Trinajstić information content (AvgIpc) is 2.77. The molecule has 0 fully saturated rings. The molecule has 0 spiro atoms. The second-order valence-electron chi connectivity index (χ2n) is 5.69. The van der Waals surface area contributed by atoms with Crippen molar-refractivity contribution in [2.75, 3.05) is 27.4 Å². The Morgan fingerprint density at radius 1 is 1.30 bits per heavy atom. The quantitative estimate of drug-likeness (QED) is 0.837. The number of hydrogen-bond acceptors (Lipinski definition) is 5. The molecule has 0 amide bonds. The van der Waals surface area contributed by atoms with E-state index in [1.54, 1.807) is 7.11 Å². The van der Waals surface area contributed by atoms with Gasteiger partial charge in [0, 0.05) is 19.5 Å². The summed E-state index contributed by atoms with van der Waals surface area (Å²) in [6.07, 6.45) is 0.825. The average molecular weight is 337 g/mol. The fraction of sp³-hybridized carbons (Fsp3) is 0.500. The molecule has 1 aromatic carbocycles. The Hall–Kier alpha value is -1.63. The summed E-state index contributed by atoms with van der Waals surface area (Å²) < 4.78 is 12.9. The van der Waals surface area contributed by atoms with Gasteiger partial charge in [0.2, 0.25) is 0 Å². The Morgan fingerprint density at radius 2 is 2.17 bits per heavy atom. The van der Waals surface area contributed by atoms with Crippen molar-refractivity contribution >= 4 is 11.6 Å². The normalized spacial score (nSPS) is 14.6. The third-order valence-corrected chi connectivity index (χ3v) is 4.22. The van der Waals surface area contributed by atoms with Gasteiger partial charge in [-0.2, -0.15) is 0 Å². The maximum atomic E-state index is 6.07. The van der Waals surface area contributed by atoms with Gasteiger partial charge < -0.3 is 14.0 Å². The summed E-state index contributed by atoms with van der Waals surface area (Å²) in [5.74, 6) is 2.69. The fourth-order valence-electron chi connectivity index (χ4n) is 2.77. The Balaban J connectivity index is 1.68. The first-order chi connectivity index (χ1) is 11.2. The highest BCUT2D eigenvalue weighted by Crippen LogP contribution is 2.25. The second-order valence-corrected chi connectivity index (χ2v) is 6.09. The van der Waals surface area contributed by atoms with Crippen molar-refractivity contribution in [1.82, 2.24) is 19.7 Å². The zero-order valence-electron chi connectivity index (χ0n) is 13.5. The van der Waals surface area contributed by atoms with Gasteiger partial charge in [0.05, 0.1) is 31.9 Å². The highest BCUT2D eigenvalue weighted by Gasteiger charge is 2.16. The summed E-state index contributed by atoms with van der Waals surface area (Å²) in [6, 6.07) is 5.85. The molecule has 0 N–H and O–H groups in total. The molecule has 124 valence electrons. The van der Waals surface area contributed by atoms with Crippen molar-refractivity contribution in [3.63, 3.8) is 0 Å². The third-order valence-electron chi connectivity index (χ3n) is 3.91. The molecule has 1 aliphatic heterocycles. The SMILES string of the molecule is COc1cc(CN(C)Cc2nnc3n2CCOCC3)ccc1Cl. The van der Waals surface area contributed by atoms with E-state index in [-0.39, 0.29) is 0 Å². The van der Waals surface area contributed by atoms with Crippen LogP contribution < -0.4 is 4.74 Å². The number of benzene rings is 1. The van der Waals surface area contributed by atoms with Crippen LogP contribution in [0.3, 0.4) is 0 Å². The number of halogens is 1. The topological polar surface area (TPSA) is 52.4 Å². The Morgan fingerprint density at radius 3 is 3.00 bits per heavy atom. The van der Waals surface area contributed by atoms with Crippen molar-refractivity contribution < 1.29 is 9.47 Å². The van der Waals surface area contributed by atoms with E-state index >= 15 is 0 Å². The molecule has 0 saturated carbocycles. The Labute approximate surface area is 141 Å². The zero-order chi connectivity index (χ0) is 16.2. The molecule has 1 aliphatic rings. The molecule has 0 radical (unpaired) electrons. The number of rotatable bonds is 5. The summed E-state index contributed by atoms with van der Waals surface area (Å²) in [7, 11) is 3.69. The van der Waals surface area contributed by atoms with Crippen molar-refractivity contribution in [2.24, 2.45) is 0 Å². The summed E-state index contributed by atoms with van der Waals surface area (Å²) in [4.78, 5) is 2.20. The molecule has 0 saturated heterocycles. The van der Waals surface area contributed by atoms with Gasteiger partial charge in [-0.3, -0.25) is 4.90 Å². The van der Waals surface area contributed by atoms with Gasteiger partial charge in [-0.1, -0.05) is 17.7 Å². The van der Waals surface area contributed by atoms with E-state index in [4.69, 9.17) is 21.1 Å². The predicted molar refractivity (Wildman–Crippen MR) is 87.7 cm³/mol. The first kappa shape index (κ1) is 16.2. The van der Waals surface area contributed by atoms with Crippen LogP contribution in [-0.4, -0.2) is 47.0 Å². The number of fused-ring (bicyclic) bond motifs is 1. The van der Waals surface area contributed by atoms with Crippen LogP contribution in [0.15, 0.2) is 18.2 Å². The maximum Gasteiger partial charge on any atom is 0.147 e. The lowest BCUT2D eigenvalue weighted by Crippen LogP contribution is -2.21. The Kier molecular flexibility index (Phi) is 5.15. The predicted octanol–water partition coefficient (Wildman–Crippen LogP) is 2.14. The minimum absolute atomic E-state index is 0.627. The molecule has 6 nitrogen and oxygen atoms in total. The molecular formula is C16H21ClN4O2. The van der Waals surface area contributed by atoms with E-state index in [0.29, 0.717) is 10.8 Å². The van der Waals surface area contributed by atoms with Crippen LogP contribution in [0.4, 0.5) is 0 Å². The van der Waals surface area contributed by atoms with E-state index in [2.05, 4.69) is 26.7 Å². The third kappa shape index (κ3) is 3.83. The van der Waals surface area contributed by atoms with Gasteiger partial charge in [-0.15, -0.1) is 10.2 Å². The summed E-state index contributed by atoms with van der Waals surface area (Å²) in [6.45, 7) is 3.78. The van der Waals surface area contributed by atoms with Crippen LogP contribution in [0.2, 0.25) is 5.02 Å². The molecule has 3 rings (SSSR count). The largest absolute Gasteiger partial charge is 0.495 e. The fourth-order valence-corrected chi connectivity index (χ4v) is 2.96. The van der Waals surface area contributed by atoms with Gasteiger partial charge in [-0.05, 0) is 24.7 Å². The van der Waals surface area contributed by atoms with Crippen LogP contribution in [-0.2, 0) is 30.8 Å². The number of hydrogen-bond donors (Lipinski definition) is 0. The van der Waals surface area contributed by atoms with Crippen LogP contribution in [0.5, 0.6) is 5.75 Å². The molecule has 2 aromatic rings. The lowest BCUT2D eigenvalue weighted by atomic mass is 10.2. The molecule has 23 heavy (non-hydrogen) atoms. The van der Waals surface area contributed by atoms with Crippen LogP contribution >= 0.6 is 11.6 Å². The number of aromatic nitrogens is 3. The highest BCUT2D eigenvalue weighted by atomic mass is 35.5. The molecule has 7 heteroatoms. The van der Waals surface area contributed by atoms with E-state index < -0.39 is 0 Å². The summed E-state index contributed by atoms with van der Waals surface area (Å²) >= 11 is 6.07. The molecule has 0 unspecified atom stereocenters. The van der Waals surface area contributed by atoms with Crippen LogP contribution in [0, 0.1) is 0 Å². The molecular weight excluding hydrogens is 316 g/mol. The molecule has 0 bridgehead atoms. The number of ether oxygens (including phenoxy) is 2. The van der Waals surface area contributed by atoms with Crippen LogP contribution in [0.1, 0.15) is 17.2 Å². The van der Waals surface area contributed by atoms with E-state index in [1.807, 2.05) is 18.2 Å². The van der Waals surface area contributed by atoms with Gasteiger partial charge in [0.25, 0.3) is 0 Å². The standard InChI is InChI=1S/C16H21ClN4O2/c1-20(10-12-3-4-13(17)14(9-12)22-2)11-16-19-18-15-5-7-23-8-6-21(15)16/h3-4,9H,5-8,10-11H2,1-2H3. The van der Waals surface area contributed by atoms with Crippen molar-refractivity contribution in [2.45, 2.75) is 26.1 Å². The summed E-state index contributed by atoms with van der Waals surface area (Å²) in [5, 5.41) is 9.25. The van der Waals surface area contributed by atoms with Crippen molar-refractivity contribution in [3.05, 3.63) is 40.4 Å². The highest BCUT2D eigenvalue weighted by molar-refractivity contribution is 6.32. The number of methoxy groups -OCH3 is 1. The van der Waals surface area contributed by atoms with Crippen molar-refractivity contribution in [3.8, 4) is 5.75 Å². The van der Waals surface area contributed by atoms with Crippen molar-refractivity contribution in [1.29, 1.82) is 0 Å². The number of nitrogens with zero attached hydrogens (tertiary/aromatic N) is 4. The lowest BCUT2D eigenvalue weighted by Gasteiger charge is -2.17. The minimum Gasteiger partial charge on any atom is -0.495 e. The monoisotopic (exact) mass is 336 g/mol.